The van der Waals surface area contributed by atoms with Crippen molar-refractivity contribution < 1.29 is 33.8 Å². The molecule has 2 saturated heterocycles. The number of aryl methyl sites for hydroxylation is 1. The standard InChI is InChI=1S/C47H69N9O7S/c1-31(33-14-16-34(17-15-33)40-32(2)50-30-64-40)51-43(60)37-27-36(57)29-56(37)44(61)41(46(3,4)5)52-39(58)13-11-10-12-20-48-42(59)35-18-19-38(49-28-35)55-25-23-54(24-26-55)22-21-53(9)45(62)63-47(6,7)8/h14-19,28,30-31,36-37,41,57H,10-13,20-27,29H2,1-9H3,(H,48,59)(H,51,60)(H,52,58)/t31-,36+,37-,41+/m0/s1. The molecule has 16 nitrogen and oxygen atoms in total. The van der Waals surface area contributed by atoms with Gasteiger partial charge in [-0.25, -0.2) is 14.8 Å². The second-order valence-electron chi connectivity index (χ2n) is 19.1. The molecule has 2 aromatic heterocycles. The van der Waals surface area contributed by atoms with E-state index in [9.17, 15) is 29.1 Å². The third kappa shape index (κ3) is 14.2. The highest BCUT2D eigenvalue weighted by molar-refractivity contribution is 7.13. The number of aliphatic hydroxyl groups excluding tert-OH is 1. The predicted octanol–water partition coefficient (Wildman–Crippen LogP) is 5.16. The van der Waals surface area contributed by atoms with Gasteiger partial charge in [0.2, 0.25) is 17.7 Å². The number of piperazine rings is 1. The molecule has 5 amide bonds. The van der Waals surface area contributed by atoms with Gasteiger partial charge in [0.15, 0.2) is 0 Å². The summed E-state index contributed by atoms with van der Waals surface area (Å²) in [6.07, 6.45) is 2.62. The molecule has 0 bridgehead atoms. The summed E-state index contributed by atoms with van der Waals surface area (Å²) in [5.74, 6) is -0.442. The van der Waals surface area contributed by atoms with E-state index >= 15 is 0 Å². The Morgan fingerprint density at radius 2 is 1.64 bits per heavy atom. The number of aliphatic hydroxyl groups is 1. The van der Waals surface area contributed by atoms with Gasteiger partial charge in [0, 0.05) is 78.4 Å². The van der Waals surface area contributed by atoms with E-state index in [1.807, 2.05) is 91.2 Å². The molecule has 2 fully saturated rings. The number of pyridine rings is 1. The smallest absolute Gasteiger partial charge is 0.410 e. The fourth-order valence-corrected chi connectivity index (χ4v) is 8.58. The SMILES string of the molecule is Cc1ncsc1-c1ccc([C@H](C)NC(=O)[C@@H]2C[C@@H](O)CN2C(=O)[C@@H](NC(=O)CCCCCNC(=O)c2ccc(N3CCN(CCN(C)C(=O)OC(C)(C)C)CC3)nc2)C(C)(C)C)cc1. The van der Waals surface area contributed by atoms with E-state index < -0.39 is 35.1 Å². The Morgan fingerprint density at radius 1 is 0.938 bits per heavy atom. The molecule has 0 saturated carbocycles. The quantitative estimate of drug-likeness (QED) is 0.131. The number of nitrogens with zero attached hydrogens (tertiary/aromatic N) is 6. The average molecular weight is 904 g/mol. The normalized spacial score (nSPS) is 18.0. The van der Waals surface area contributed by atoms with Gasteiger partial charge < -0.3 is 40.5 Å². The van der Waals surface area contributed by atoms with Gasteiger partial charge in [0.25, 0.3) is 5.91 Å². The van der Waals surface area contributed by atoms with Gasteiger partial charge >= 0.3 is 6.09 Å². The van der Waals surface area contributed by atoms with Crippen LogP contribution in [0.4, 0.5) is 10.6 Å². The molecule has 4 heterocycles. The van der Waals surface area contributed by atoms with Crippen molar-refractivity contribution in [2.24, 2.45) is 5.41 Å². The van der Waals surface area contributed by atoms with Crippen molar-refractivity contribution in [2.75, 3.05) is 64.3 Å². The van der Waals surface area contributed by atoms with Crippen molar-refractivity contribution in [3.63, 3.8) is 0 Å². The Labute approximate surface area is 382 Å². The van der Waals surface area contributed by atoms with Crippen LogP contribution in [0.3, 0.4) is 0 Å². The largest absolute Gasteiger partial charge is 0.444 e. The predicted molar refractivity (Wildman–Crippen MR) is 249 cm³/mol. The monoisotopic (exact) mass is 904 g/mol. The number of anilines is 1. The number of nitrogens with one attached hydrogen (secondary N) is 3. The minimum atomic E-state index is -0.908. The molecule has 4 atom stereocenters. The molecule has 4 N–H and O–H groups in total. The van der Waals surface area contributed by atoms with Crippen LogP contribution >= 0.6 is 11.3 Å². The minimum Gasteiger partial charge on any atom is -0.444 e. The highest BCUT2D eigenvalue weighted by Gasteiger charge is 2.44. The van der Waals surface area contributed by atoms with Crippen molar-refractivity contribution in [3.05, 3.63) is 64.9 Å². The number of hydrogen-bond donors (Lipinski definition) is 4. The summed E-state index contributed by atoms with van der Waals surface area (Å²) < 4.78 is 5.44. The van der Waals surface area contributed by atoms with Crippen molar-refractivity contribution >= 4 is 46.9 Å². The molecule has 3 aromatic rings. The second-order valence-corrected chi connectivity index (χ2v) is 19.9. The number of hydrogen-bond acceptors (Lipinski definition) is 12. The molecule has 17 heteroatoms. The van der Waals surface area contributed by atoms with Crippen molar-refractivity contribution in [2.45, 2.75) is 117 Å². The number of thiazole rings is 1. The minimum absolute atomic E-state index is 0.000833. The van der Waals surface area contributed by atoms with Gasteiger partial charge in [-0.15, -0.1) is 11.3 Å². The third-order valence-corrected chi connectivity index (χ3v) is 12.6. The Bertz CT molecular complexity index is 2040. The van der Waals surface area contributed by atoms with Crippen LogP contribution in [0.5, 0.6) is 0 Å². The fraction of sp³-hybridized carbons (Fsp3) is 0.596. The first-order valence-corrected chi connectivity index (χ1v) is 23.3. The zero-order valence-electron chi connectivity index (χ0n) is 39.1. The number of likely N-dealkylation sites (tertiary alicyclic amines) is 1. The maximum Gasteiger partial charge on any atom is 0.410 e. The average Bonchev–Trinajstić information content (AvgIpc) is 3.87. The maximum absolute atomic E-state index is 14.1. The fourth-order valence-electron chi connectivity index (χ4n) is 7.77. The number of rotatable bonds is 17. The Morgan fingerprint density at radius 3 is 2.25 bits per heavy atom. The van der Waals surface area contributed by atoms with Gasteiger partial charge in [-0.2, -0.15) is 0 Å². The second kappa shape index (κ2) is 22.2. The lowest BCUT2D eigenvalue weighted by atomic mass is 9.85. The van der Waals surface area contributed by atoms with Gasteiger partial charge in [-0.1, -0.05) is 51.5 Å². The number of benzene rings is 1. The van der Waals surface area contributed by atoms with Crippen LogP contribution in [-0.4, -0.2) is 143 Å². The van der Waals surface area contributed by atoms with Crippen molar-refractivity contribution in [3.8, 4) is 10.4 Å². The van der Waals surface area contributed by atoms with Crippen LogP contribution in [0.25, 0.3) is 10.4 Å². The molecule has 0 unspecified atom stereocenters. The maximum atomic E-state index is 14.1. The highest BCUT2D eigenvalue weighted by atomic mass is 32.1. The first-order valence-electron chi connectivity index (χ1n) is 22.4. The number of unbranched alkanes of at least 4 members (excludes halogenated alkanes) is 2. The van der Waals surface area contributed by atoms with E-state index in [0.717, 1.165) is 60.2 Å². The zero-order valence-corrected chi connectivity index (χ0v) is 39.9. The first-order chi connectivity index (χ1) is 30.2. The van der Waals surface area contributed by atoms with Crippen molar-refractivity contribution in [1.82, 2.24) is 40.6 Å². The summed E-state index contributed by atoms with van der Waals surface area (Å²) in [6.45, 7) is 20.0. The Kier molecular flexibility index (Phi) is 17.3. The van der Waals surface area contributed by atoms with Crippen LogP contribution in [0.2, 0.25) is 0 Å². The molecule has 350 valence electrons. The van der Waals surface area contributed by atoms with Crippen LogP contribution in [0.1, 0.15) is 108 Å². The molecule has 64 heavy (non-hydrogen) atoms. The lowest BCUT2D eigenvalue weighted by Gasteiger charge is -2.36. The third-order valence-electron chi connectivity index (χ3n) is 11.6. The lowest BCUT2D eigenvalue weighted by Crippen LogP contribution is -2.57. The highest BCUT2D eigenvalue weighted by Crippen LogP contribution is 2.30. The lowest BCUT2D eigenvalue weighted by molar-refractivity contribution is -0.144. The van der Waals surface area contributed by atoms with Gasteiger partial charge in [0.1, 0.15) is 23.5 Å². The van der Waals surface area contributed by atoms with E-state index in [-0.39, 0.29) is 49.2 Å². The van der Waals surface area contributed by atoms with E-state index in [1.54, 1.807) is 35.5 Å². The van der Waals surface area contributed by atoms with Crippen LogP contribution < -0.4 is 20.9 Å². The van der Waals surface area contributed by atoms with Crippen LogP contribution in [0, 0.1) is 12.3 Å². The van der Waals surface area contributed by atoms with Crippen LogP contribution in [-0.2, 0) is 19.1 Å². The molecule has 0 spiro atoms. The molecular weight excluding hydrogens is 835 g/mol. The van der Waals surface area contributed by atoms with Crippen LogP contribution in [0.15, 0.2) is 48.1 Å². The molecule has 5 rings (SSSR count). The summed E-state index contributed by atoms with van der Waals surface area (Å²) in [6, 6.07) is 9.46. The van der Waals surface area contributed by atoms with Gasteiger partial charge in [-0.05, 0) is 76.1 Å². The molecular formula is C47H69N9O7S. The molecule has 0 aliphatic carbocycles. The number of β-amino-alcohol motifs (C(OH)–C–C–N with tert-alkyl or cyclic N) is 1. The van der Waals surface area contributed by atoms with Gasteiger partial charge in [0.05, 0.1) is 33.8 Å². The summed E-state index contributed by atoms with van der Waals surface area (Å²) in [7, 11) is 1.75. The van der Waals surface area contributed by atoms with Gasteiger partial charge in [-0.3, -0.25) is 24.1 Å². The van der Waals surface area contributed by atoms with E-state index in [2.05, 4.69) is 35.7 Å². The molecule has 2 aliphatic rings. The van der Waals surface area contributed by atoms with E-state index in [1.165, 1.54) is 4.90 Å². The summed E-state index contributed by atoms with van der Waals surface area (Å²) in [4.78, 5) is 83.5. The zero-order chi connectivity index (χ0) is 46.8. The first kappa shape index (κ1) is 49.9. The molecule has 2 aliphatic heterocycles. The topological polar surface area (TPSA) is 190 Å². The summed E-state index contributed by atoms with van der Waals surface area (Å²) in [5, 5.41) is 19.5. The molecule has 1 aromatic carbocycles. The summed E-state index contributed by atoms with van der Waals surface area (Å²) in [5.41, 5.74) is 4.02. The number of likely N-dealkylation sites (N-methyl/N-ethyl adjacent to an activating group) is 1. The number of carbonyl (C=O) groups is 5. The number of amides is 5. The van der Waals surface area contributed by atoms with E-state index in [0.29, 0.717) is 37.9 Å². The van der Waals surface area contributed by atoms with E-state index in [4.69, 9.17) is 4.74 Å². The number of carbonyl (C=O) groups excluding carboxylic acids is 5. The summed E-state index contributed by atoms with van der Waals surface area (Å²) >= 11 is 1.58. The Hall–Kier alpha value is -5.13. The molecule has 0 radical (unpaired) electrons. The number of ether oxygens (including phenoxy) is 1. The number of aromatic nitrogens is 2. The van der Waals surface area contributed by atoms with Crippen molar-refractivity contribution in [1.29, 1.82) is 0 Å². The Balaban J connectivity index is 1.01.